The van der Waals surface area contributed by atoms with Crippen molar-refractivity contribution in [1.82, 2.24) is 5.32 Å². The second kappa shape index (κ2) is 6.22. The lowest BCUT2D eigenvalue weighted by Crippen LogP contribution is -2.59. The summed E-state index contributed by atoms with van der Waals surface area (Å²) in [6.45, 7) is 2.13. The Morgan fingerprint density at radius 2 is 2.00 bits per heavy atom. The fraction of sp³-hybridized carbons (Fsp3) is 0.556. The van der Waals surface area contributed by atoms with Gasteiger partial charge in [0.05, 0.1) is 0 Å². The lowest BCUT2D eigenvalue weighted by atomic mass is 9.75. The van der Waals surface area contributed by atoms with Crippen LogP contribution in [0.3, 0.4) is 0 Å². The minimum Gasteiger partial charge on any atom is -0.480 e. The summed E-state index contributed by atoms with van der Waals surface area (Å²) in [6, 6.07) is 7.54. The van der Waals surface area contributed by atoms with Crippen LogP contribution >= 0.6 is 0 Å². The van der Waals surface area contributed by atoms with Crippen LogP contribution < -0.4 is 10.1 Å². The largest absolute Gasteiger partial charge is 0.480 e. The average Bonchev–Trinajstić information content (AvgIpc) is 2.99. The number of benzene rings is 1. The van der Waals surface area contributed by atoms with E-state index in [0.717, 1.165) is 24.8 Å². The molecule has 1 aliphatic carbocycles. The highest BCUT2D eigenvalue weighted by atomic mass is 16.5. The lowest BCUT2D eigenvalue weighted by molar-refractivity contribution is -0.150. The number of carbonyl (C=O) groups is 2. The molecule has 3 rings (SSSR count). The van der Waals surface area contributed by atoms with Crippen molar-refractivity contribution < 1.29 is 19.4 Å². The highest BCUT2D eigenvalue weighted by Crippen LogP contribution is 2.35. The van der Waals surface area contributed by atoms with Gasteiger partial charge in [-0.25, -0.2) is 4.79 Å². The topological polar surface area (TPSA) is 75.6 Å². The quantitative estimate of drug-likeness (QED) is 0.895. The summed E-state index contributed by atoms with van der Waals surface area (Å²) in [6.07, 6.45) is 3.59. The second-order valence-corrected chi connectivity index (χ2v) is 6.65. The molecule has 0 spiro atoms. The lowest BCUT2D eigenvalue weighted by Gasteiger charge is -2.37. The number of hydrogen-bond donors (Lipinski definition) is 2. The zero-order chi connectivity index (χ0) is 16.4. The Morgan fingerprint density at radius 3 is 2.61 bits per heavy atom. The summed E-state index contributed by atoms with van der Waals surface area (Å²) in [5, 5.41) is 12.4. The maximum Gasteiger partial charge on any atom is 0.329 e. The number of fused-ring (bicyclic) bond motifs is 1. The van der Waals surface area contributed by atoms with Crippen molar-refractivity contribution in [2.24, 2.45) is 5.92 Å². The van der Waals surface area contributed by atoms with Crippen LogP contribution in [0.1, 0.15) is 44.6 Å². The SMILES string of the molecule is CCC1CCC(NC(=O)C2Cc3ccccc3O2)(C(=O)O)CC1. The van der Waals surface area contributed by atoms with E-state index in [9.17, 15) is 14.7 Å². The molecule has 0 saturated heterocycles. The van der Waals surface area contributed by atoms with E-state index < -0.39 is 17.6 Å². The molecular weight excluding hydrogens is 294 g/mol. The monoisotopic (exact) mass is 317 g/mol. The van der Waals surface area contributed by atoms with Crippen LogP contribution in [0.4, 0.5) is 0 Å². The number of nitrogens with one attached hydrogen (secondary N) is 1. The third-order valence-corrected chi connectivity index (χ3v) is 5.25. The number of ether oxygens (including phenoxy) is 1. The van der Waals surface area contributed by atoms with Crippen molar-refractivity contribution in [3.05, 3.63) is 29.8 Å². The number of amides is 1. The molecule has 0 aromatic heterocycles. The summed E-state index contributed by atoms with van der Waals surface area (Å²) in [7, 11) is 0. The van der Waals surface area contributed by atoms with E-state index in [0.29, 0.717) is 30.9 Å². The molecule has 1 atom stereocenters. The van der Waals surface area contributed by atoms with Crippen LogP contribution in [0.25, 0.3) is 0 Å². The summed E-state index contributed by atoms with van der Waals surface area (Å²) in [5.41, 5.74) is -0.146. The Morgan fingerprint density at radius 1 is 1.30 bits per heavy atom. The van der Waals surface area contributed by atoms with Crippen LogP contribution in [-0.4, -0.2) is 28.6 Å². The minimum atomic E-state index is -1.14. The van der Waals surface area contributed by atoms with Gasteiger partial charge in [-0.05, 0) is 43.2 Å². The van der Waals surface area contributed by atoms with Crippen molar-refractivity contribution in [3.8, 4) is 5.75 Å². The Hall–Kier alpha value is -2.04. The number of rotatable bonds is 4. The van der Waals surface area contributed by atoms with Crippen molar-refractivity contribution in [2.45, 2.75) is 57.1 Å². The van der Waals surface area contributed by atoms with Gasteiger partial charge in [-0.1, -0.05) is 31.5 Å². The molecule has 1 fully saturated rings. The molecule has 2 N–H and O–H groups in total. The molecule has 5 nitrogen and oxygen atoms in total. The first-order valence-electron chi connectivity index (χ1n) is 8.34. The molecule has 1 aromatic rings. The fourth-order valence-electron chi connectivity index (χ4n) is 3.62. The van der Waals surface area contributed by atoms with Crippen molar-refractivity contribution in [2.75, 3.05) is 0 Å². The Balaban J connectivity index is 1.67. The molecule has 1 unspecified atom stereocenters. The Bertz CT molecular complexity index is 580. The van der Waals surface area contributed by atoms with Gasteiger partial charge in [0.2, 0.25) is 0 Å². The Labute approximate surface area is 136 Å². The molecule has 0 bridgehead atoms. The number of para-hydroxylation sites is 1. The predicted octanol–water partition coefficient (Wildman–Crippen LogP) is 2.53. The maximum atomic E-state index is 12.5. The van der Waals surface area contributed by atoms with E-state index >= 15 is 0 Å². The zero-order valence-corrected chi connectivity index (χ0v) is 13.4. The molecule has 23 heavy (non-hydrogen) atoms. The molecule has 124 valence electrons. The number of carboxylic acid groups (broad SMARTS) is 1. The van der Waals surface area contributed by atoms with E-state index in [1.54, 1.807) is 0 Å². The number of carboxylic acids is 1. The standard InChI is InChI=1S/C18H23NO4/c1-2-12-7-9-18(10-8-12,17(21)22)19-16(20)15-11-13-5-3-4-6-14(13)23-15/h3-6,12,15H,2,7-11H2,1H3,(H,19,20)(H,21,22). The van der Waals surface area contributed by atoms with Crippen molar-refractivity contribution in [3.63, 3.8) is 0 Å². The summed E-state index contributed by atoms with van der Waals surface area (Å²) >= 11 is 0. The van der Waals surface area contributed by atoms with E-state index in [4.69, 9.17) is 4.74 Å². The average molecular weight is 317 g/mol. The van der Waals surface area contributed by atoms with E-state index in [2.05, 4.69) is 12.2 Å². The molecule has 1 amide bonds. The zero-order valence-electron chi connectivity index (χ0n) is 13.4. The van der Waals surface area contributed by atoms with Gasteiger partial charge in [-0.2, -0.15) is 0 Å². The van der Waals surface area contributed by atoms with Crippen LogP contribution in [0.5, 0.6) is 5.75 Å². The highest BCUT2D eigenvalue weighted by molar-refractivity contribution is 5.90. The van der Waals surface area contributed by atoms with Crippen molar-refractivity contribution >= 4 is 11.9 Å². The first-order chi connectivity index (χ1) is 11.0. The summed E-state index contributed by atoms with van der Waals surface area (Å²) in [5.74, 6) is 0.0209. The fourth-order valence-corrected chi connectivity index (χ4v) is 3.62. The molecule has 1 saturated carbocycles. The third kappa shape index (κ3) is 3.05. The van der Waals surface area contributed by atoms with Gasteiger partial charge in [0, 0.05) is 6.42 Å². The van der Waals surface area contributed by atoms with Gasteiger partial charge in [0.25, 0.3) is 5.91 Å². The van der Waals surface area contributed by atoms with Crippen LogP contribution in [0.2, 0.25) is 0 Å². The highest BCUT2D eigenvalue weighted by Gasteiger charge is 2.44. The summed E-state index contributed by atoms with van der Waals surface area (Å²) in [4.78, 5) is 24.3. The molecule has 1 aromatic carbocycles. The number of aliphatic carboxylic acids is 1. The van der Waals surface area contributed by atoms with Gasteiger partial charge >= 0.3 is 5.97 Å². The molecular formula is C18H23NO4. The predicted molar refractivity (Wildman–Crippen MR) is 85.3 cm³/mol. The smallest absolute Gasteiger partial charge is 0.329 e. The second-order valence-electron chi connectivity index (χ2n) is 6.65. The minimum absolute atomic E-state index is 0.321. The van der Waals surface area contributed by atoms with Gasteiger partial charge in [0.15, 0.2) is 6.10 Å². The van der Waals surface area contributed by atoms with E-state index in [1.807, 2.05) is 24.3 Å². The normalized spacial score (nSPS) is 29.4. The molecule has 2 aliphatic rings. The summed E-state index contributed by atoms with van der Waals surface area (Å²) < 4.78 is 5.67. The van der Waals surface area contributed by atoms with Gasteiger partial charge in [0.1, 0.15) is 11.3 Å². The Kier molecular flexibility index (Phi) is 4.28. The first-order valence-corrected chi connectivity index (χ1v) is 8.34. The number of hydrogen-bond acceptors (Lipinski definition) is 3. The van der Waals surface area contributed by atoms with Gasteiger partial charge < -0.3 is 15.2 Å². The van der Waals surface area contributed by atoms with Crippen LogP contribution in [0.15, 0.2) is 24.3 Å². The first kappa shape index (κ1) is 15.8. The molecule has 0 radical (unpaired) electrons. The molecule has 5 heteroatoms. The van der Waals surface area contributed by atoms with Crippen molar-refractivity contribution in [1.29, 1.82) is 0 Å². The molecule has 1 aliphatic heterocycles. The number of carbonyl (C=O) groups excluding carboxylic acids is 1. The maximum absolute atomic E-state index is 12.5. The van der Waals surface area contributed by atoms with Gasteiger partial charge in [-0.15, -0.1) is 0 Å². The van der Waals surface area contributed by atoms with Crippen LogP contribution in [-0.2, 0) is 16.0 Å². The third-order valence-electron chi connectivity index (χ3n) is 5.25. The van der Waals surface area contributed by atoms with Gasteiger partial charge in [-0.3, -0.25) is 4.79 Å². The van der Waals surface area contributed by atoms with Crippen LogP contribution in [0, 0.1) is 5.92 Å². The van der Waals surface area contributed by atoms with E-state index in [-0.39, 0.29) is 5.91 Å². The van der Waals surface area contributed by atoms with E-state index in [1.165, 1.54) is 0 Å². The molecule has 1 heterocycles.